The van der Waals surface area contributed by atoms with Gasteiger partial charge in [-0.1, -0.05) is 73.1 Å². The Morgan fingerprint density at radius 2 is 1.67 bits per heavy atom. The predicted molar refractivity (Wildman–Crippen MR) is 138 cm³/mol. The third-order valence-corrected chi connectivity index (χ3v) is 7.05. The molecule has 182 valence electrons. The van der Waals surface area contributed by atoms with E-state index in [-0.39, 0.29) is 22.5 Å². The number of carbonyl (C=O) groups is 1. The van der Waals surface area contributed by atoms with Crippen molar-refractivity contribution in [3.63, 3.8) is 0 Å². The Morgan fingerprint density at radius 3 is 2.27 bits per heavy atom. The van der Waals surface area contributed by atoms with Crippen molar-refractivity contribution in [2.24, 2.45) is 0 Å². The Morgan fingerprint density at radius 1 is 1.00 bits per heavy atom. The fourth-order valence-corrected chi connectivity index (χ4v) is 3.73. The number of phenols is 1. The lowest BCUT2D eigenvalue weighted by molar-refractivity contribution is -0.123. The molecule has 1 amide bonds. The van der Waals surface area contributed by atoms with Gasteiger partial charge in [0.2, 0.25) is 0 Å². The molecule has 4 heteroatoms. The van der Waals surface area contributed by atoms with Crippen LogP contribution in [-0.2, 0) is 15.6 Å². The van der Waals surface area contributed by atoms with Crippen LogP contribution in [0.2, 0.25) is 0 Å². The van der Waals surface area contributed by atoms with Gasteiger partial charge in [-0.2, -0.15) is 0 Å². The first-order chi connectivity index (χ1) is 15.4. The fourth-order valence-electron chi connectivity index (χ4n) is 3.73. The van der Waals surface area contributed by atoms with Crippen molar-refractivity contribution in [2.75, 3.05) is 5.32 Å². The van der Waals surface area contributed by atoms with Gasteiger partial charge in [0.05, 0.1) is 5.69 Å². The molecule has 0 saturated carbocycles. The molecule has 0 aliphatic rings. The number of anilines is 1. The van der Waals surface area contributed by atoms with Gasteiger partial charge < -0.3 is 15.2 Å². The normalized spacial score (nSPS) is 13.0. The lowest BCUT2D eigenvalue weighted by atomic mass is 9.76. The number of carbonyl (C=O) groups excluding carboxylic acids is 1. The summed E-state index contributed by atoms with van der Waals surface area (Å²) in [5.41, 5.74) is 3.79. The average Bonchev–Trinajstić information content (AvgIpc) is 2.78. The Labute approximate surface area is 200 Å². The van der Waals surface area contributed by atoms with Crippen LogP contribution in [0.4, 0.5) is 5.69 Å². The number of unbranched alkanes of at least 4 members (excludes halogenated alkanes) is 1. The molecule has 0 spiro atoms. The standard InChI is InChI=1S/C29H43NO3/c1-9-12-13-26(27(32)30-23-18-20(4)14-16-24(23)31)33-25-17-15-21(28(5,6)10-2)19-22(25)29(7,8)11-3/h14-19,26,31H,9-13H2,1-8H3,(H,30,32). The van der Waals surface area contributed by atoms with Crippen LogP contribution in [0.1, 0.15) is 97.3 Å². The lowest BCUT2D eigenvalue weighted by Crippen LogP contribution is -2.34. The summed E-state index contributed by atoms with van der Waals surface area (Å²) in [5, 5.41) is 13.1. The monoisotopic (exact) mass is 453 g/mol. The van der Waals surface area contributed by atoms with Crippen LogP contribution < -0.4 is 10.1 Å². The van der Waals surface area contributed by atoms with Crippen molar-refractivity contribution in [2.45, 2.75) is 104 Å². The number of rotatable bonds is 11. The first-order valence-corrected chi connectivity index (χ1v) is 12.4. The summed E-state index contributed by atoms with van der Waals surface area (Å²) < 4.78 is 6.45. The summed E-state index contributed by atoms with van der Waals surface area (Å²) in [5.74, 6) is 0.590. The van der Waals surface area contributed by atoms with Crippen LogP contribution in [-0.4, -0.2) is 17.1 Å². The van der Waals surface area contributed by atoms with E-state index < -0.39 is 6.10 Å². The minimum atomic E-state index is -0.638. The second-order valence-electron chi connectivity index (χ2n) is 10.4. The van der Waals surface area contributed by atoms with Crippen LogP contribution in [0.3, 0.4) is 0 Å². The third-order valence-electron chi connectivity index (χ3n) is 7.05. The summed E-state index contributed by atoms with van der Waals surface area (Å²) >= 11 is 0. The number of aryl methyl sites for hydroxylation is 1. The molecule has 2 rings (SSSR count). The number of ether oxygens (including phenoxy) is 1. The highest BCUT2D eigenvalue weighted by Crippen LogP contribution is 2.39. The van der Waals surface area contributed by atoms with Gasteiger partial charge in [-0.25, -0.2) is 0 Å². The van der Waals surface area contributed by atoms with E-state index in [4.69, 9.17) is 4.74 Å². The first kappa shape index (κ1) is 26.8. The number of phenolic OH excluding ortho intramolecular Hbond substituents is 1. The molecule has 1 atom stereocenters. The van der Waals surface area contributed by atoms with Crippen LogP contribution in [0.25, 0.3) is 0 Å². The number of nitrogens with one attached hydrogen (secondary N) is 1. The van der Waals surface area contributed by atoms with Crippen LogP contribution in [0, 0.1) is 6.92 Å². The lowest BCUT2D eigenvalue weighted by Gasteiger charge is -2.31. The quantitative estimate of drug-likeness (QED) is 0.343. The van der Waals surface area contributed by atoms with E-state index in [1.54, 1.807) is 12.1 Å². The van der Waals surface area contributed by atoms with Crippen LogP contribution >= 0.6 is 0 Å². The Hall–Kier alpha value is -2.49. The van der Waals surface area contributed by atoms with Crippen LogP contribution in [0.5, 0.6) is 11.5 Å². The van der Waals surface area contributed by atoms with Gasteiger partial charge in [0.25, 0.3) is 5.91 Å². The molecule has 0 aliphatic heterocycles. The van der Waals surface area contributed by atoms with E-state index >= 15 is 0 Å². The van der Waals surface area contributed by atoms with Crippen molar-refractivity contribution < 1.29 is 14.6 Å². The Kier molecular flexibility index (Phi) is 8.99. The molecule has 0 aromatic heterocycles. The zero-order chi connectivity index (χ0) is 24.8. The number of hydrogen-bond donors (Lipinski definition) is 2. The largest absolute Gasteiger partial charge is 0.506 e. The molecule has 1 unspecified atom stereocenters. The summed E-state index contributed by atoms with van der Waals surface area (Å²) in [6.45, 7) is 17.4. The Bertz CT molecular complexity index is 946. The van der Waals surface area contributed by atoms with E-state index in [1.807, 2.05) is 19.1 Å². The van der Waals surface area contributed by atoms with Gasteiger partial charge in [-0.05, 0) is 72.8 Å². The minimum Gasteiger partial charge on any atom is -0.506 e. The molecule has 2 aromatic rings. The van der Waals surface area contributed by atoms with Crippen molar-refractivity contribution in [1.29, 1.82) is 0 Å². The highest BCUT2D eigenvalue weighted by Gasteiger charge is 2.29. The minimum absolute atomic E-state index is 0.0575. The van der Waals surface area contributed by atoms with E-state index in [0.717, 1.165) is 42.6 Å². The second-order valence-corrected chi connectivity index (χ2v) is 10.4. The van der Waals surface area contributed by atoms with Gasteiger partial charge in [-0.15, -0.1) is 0 Å². The molecule has 0 bridgehead atoms. The fraction of sp³-hybridized carbons (Fsp3) is 0.552. The van der Waals surface area contributed by atoms with Crippen molar-refractivity contribution in [3.05, 3.63) is 53.1 Å². The van der Waals surface area contributed by atoms with Crippen LogP contribution in [0.15, 0.2) is 36.4 Å². The van der Waals surface area contributed by atoms with Gasteiger partial charge in [0.15, 0.2) is 6.10 Å². The molecular weight excluding hydrogens is 410 g/mol. The topological polar surface area (TPSA) is 58.6 Å². The second kappa shape index (κ2) is 11.1. The molecule has 2 aromatic carbocycles. The highest BCUT2D eigenvalue weighted by atomic mass is 16.5. The highest BCUT2D eigenvalue weighted by molar-refractivity contribution is 5.95. The van der Waals surface area contributed by atoms with E-state index in [1.165, 1.54) is 5.56 Å². The van der Waals surface area contributed by atoms with Gasteiger partial charge in [-0.3, -0.25) is 4.79 Å². The molecule has 0 heterocycles. The molecule has 4 nitrogen and oxygen atoms in total. The number of benzene rings is 2. The number of aromatic hydroxyl groups is 1. The summed E-state index contributed by atoms with van der Waals surface area (Å²) in [6, 6.07) is 11.6. The van der Waals surface area contributed by atoms with E-state index in [9.17, 15) is 9.90 Å². The van der Waals surface area contributed by atoms with Gasteiger partial charge >= 0.3 is 0 Å². The summed E-state index contributed by atoms with van der Waals surface area (Å²) in [6.07, 6.45) is 3.83. The number of hydrogen-bond acceptors (Lipinski definition) is 3. The maximum atomic E-state index is 13.2. The van der Waals surface area contributed by atoms with E-state index in [2.05, 4.69) is 65.9 Å². The molecule has 2 N–H and O–H groups in total. The molecule has 0 fully saturated rings. The molecule has 0 aliphatic carbocycles. The predicted octanol–water partition coefficient (Wildman–Crippen LogP) is 7.65. The molecule has 33 heavy (non-hydrogen) atoms. The number of amides is 1. The third kappa shape index (κ3) is 6.75. The van der Waals surface area contributed by atoms with Gasteiger partial charge in [0, 0.05) is 5.56 Å². The summed E-state index contributed by atoms with van der Waals surface area (Å²) in [7, 11) is 0. The average molecular weight is 454 g/mol. The smallest absolute Gasteiger partial charge is 0.265 e. The van der Waals surface area contributed by atoms with E-state index in [0.29, 0.717) is 12.1 Å². The Balaban J connectivity index is 2.42. The molecule has 0 radical (unpaired) electrons. The maximum Gasteiger partial charge on any atom is 0.265 e. The molecular formula is C29H43NO3. The zero-order valence-electron chi connectivity index (χ0n) is 21.8. The maximum absolute atomic E-state index is 13.2. The van der Waals surface area contributed by atoms with Gasteiger partial charge in [0.1, 0.15) is 11.5 Å². The first-order valence-electron chi connectivity index (χ1n) is 12.4. The summed E-state index contributed by atoms with van der Waals surface area (Å²) in [4.78, 5) is 13.2. The van der Waals surface area contributed by atoms with Crippen molar-refractivity contribution in [3.8, 4) is 11.5 Å². The zero-order valence-corrected chi connectivity index (χ0v) is 21.8. The molecule has 0 saturated heterocycles. The van der Waals surface area contributed by atoms with Crippen molar-refractivity contribution >= 4 is 11.6 Å². The SMILES string of the molecule is CCCCC(Oc1ccc(C(C)(C)CC)cc1C(C)(C)CC)C(=O)Nc1cc(C)ccc1O. The van der Waals surface area contributed by atoms with Crippen molar-refractivity contribution in [1.82, 2.24) is 0 Å².